The molecule has 0 radical (unpaired) electrons. The molecule has 2 amide bonds. The van der Waals surface area contributed by atoms with Crippen molar-refractivity contribution in [1.29, 1.82) is 0 Å². The van der Waals surface area contributed by atoms with E-state index < -0.39 is 0 Å². The lowest BCUT2D eigenvalue weighted by molar-refractivity contribution is -0.128. The molecule has 1 aliphatic heterocycles. The molecule has 0 aromatic heterocycles. The molecule has 5 heteroatoms. The molecule has 1 aliphatic rings. The lowest BCUT2D eigenvalue weighted by Gasteiger charge is -2.15. The van der Waals surface area contributed by atoms with Crippen LogP contribution in [0.1, 0.15) is 12.0 Å². The summed E-state index contributed by atoms with van der Waals surface area (Å²) in [6.07, 6.45) is 0.275. The van der Waals surface area contributed by atoms with E-state index in [-0.39, 0.29) is 24.2 Å². The quantitative estimate of drug-likeness (QED) is 0.839. The summed E-state index contributed by atoms with van der Waals surface area (Å²) >= 11 is 0. The van der Waals surface area contributed by atoms with Crippen molar-refractivity contribution < 1.29 is 9.59 Å². The average Bonchev–Trinajstić information content (AvgIpc) is 2.72. The van der Waals surface area contributed by atoms with Gasteiger partial charge < -0.3 is 16.0 Å². The number of nitrogens with one attached hydrogen (secondary N) is 1. The monoisotopic (exact) mass is 261 g/mol. The normalized spacial score (nSPS) is 18.7. The first-order valence-corrected chi connectivity index (χ1v) is 6.45. The Morgan fingerprint density at radius 2 is 2.32 bits per heavy atom. The average molecular weight is 261 g/mol. The van der Waals surface area contributed by atoms with E-state index in [2.05, 4.69) is 5.32 Å². The highest BCUT2D eigenvalue weighted by Gasteiger charge is 2.33. The summed E-state index contributed by atoms with van der Waals surface area (Å²) in [5.41, 5.74) is 7.30. The van der Waals surface area contributed by atoms with Gasteiger partial charge in [0.15, 0.2) is 0 Å². The SMILES string of the molecule is Cc1cccc(NC(=O)C2CC(=O)N(CCN)C2)c1. The largest absolute Gasteiger partial charge is 0.341 e. The van der Waals surface area contributed by atoms with E-state index in [4.69, 9.17) is 5.73 Å². The molecule has 5 nitrogen and oxygen atoms in total. The van der Waals surface area contributed by atoms with Crippen LogP contribution in [0.3, 0.4) is 0 Å². The zero-order chi connectivity index (χ0) is 13.8. The van der Waals surface area contributed by atoms with Gasteiger partial charge in [0.2, 0.25) is 11.8 Å². The number of benzene rings is 1. The zero-order valence-corrected chi connectivity index (χ0v) is 11.1. The Bertz CT molecular complexity index is 487. The van der Waals surface area contributed by atoms with Crippen molar-refractivity contribution in [1.82, 2.24) is 4.90 Å². The van der Waals surface area contributed by atoms with Crippen LogP contribution >= 0.6 is 0 Å². The highest BCUT2D eigenvalue weighted by atomic mass is 16.2. The third-order valence-electron chi connectivity index (χ3n) is 3.27. The predicted molar refractivity (Wildman–Crippen MR) is 73.6 cm³/mol. The Hall–Kier alpha value is -1.88. The lowest BCUT2D eigenvalue weighted by atomic mass is 10.1. The molecule has 1 fully saturated rings. The van der Waals surface area contributed by atoms with Gasteiger partial charge in [-0.25, -0.2) is 0 Å². The second kappa shape index (κ2) is 5.84. The molecule has 102 valence electrons. The summed E-state index contributed by atoms with van der Waals surface area (Å²) in [4.78, 5) is 25.4. The van der Waals surface area contributed by atoms with Crippen LogP contribution in [0, 0.1) is 12.8 Å². The van der Waals surface area contributed by atoms with Crippen LogP contribution in [0.5, 0.6) is 0 Å². The number of likely N-dealkylation sites (tertiary alicyclic amines) is 1. The summed E-state index contributed by atoms with van der Waals surface area (Å²) in [7, 11) is 0. The van der Waals surface area contributed by atoms with Crippen molar-refractivity contribution >= 4 is 17.5 Å². The first-order valence-electron chi connectivity index (χ1n) is 6.45. The Morgan fingerprint density at radius 3 is 3.00 bits per heavy atom. The third-order valence-corrected chi connectivity index (χ3v) is 3.27. The third kappa shape index (κ3) is 3.32. The lowest BCUT2D eigenvalue weighted by Crippen LogP contribution is -2.32. The fraction of sp³-hybridized carbons (Fsp3) is 0.429. The Kier molecular flexibility index (Phi) is 4.16. The Labute approximate surface area is 112 Å². The maximum atomic E-state index is 12.1. The number of hydrogen-bond acceptors (Lipinski definition) is 3. The van der Waals surface area contributed by atoms with Gasteiger partial charge in [-0.2, -0.15) is 0 Å². The highest BCUT2D eigenvalue weighted by molar-refractivity contribution is 5.97. The smallest absolute Gasteiger partial charge is 0.229 e. The number of anilines is 1. The first kappa shape index (κ1) is 13.5. The molecule has 1 aromatic rings. The van der Waals surface area contributed by atoms with Crippen LogP contribution in [0.25, 0.3) is 0 Å². The minimum atomic E-state index is -0.278. The molecule has 19 heavy (non-hydrogen) atoms. The summed E-state index contributed by atoms with van der Waals surface area (Å²) in [6.45, 7) is 3.39. The number of amides is 2. The summed E-state index contributed by atoms with van der Waals surface area (Å²) in [5, 5.41) is 2.86. The topological polar surface area (TPSA) is 75.4 Å². The van der Waals surface area contributed by atoms with E-state index in [1.165, 1.54) is 0 Å². The van der Waals surface area contributed by atoms with Crippen molar-refractivity contribution in [3.8, 4) is 0 Å². The maximum Gasteiger partial charge on any atom is 0.229 e. The van der Waals surface area contributed by atoms with E-state index in [1.807, 2.05) is 31.2 Å². The van der Waals surface area contributed by atoms with Crippen LogP contribution in [-0.2, 0) is 9.59 Å². The Morgan fingerprint density at radius 1 is 1.53 bits per heavy atom. The van der Waals surface area contributed by atoms with E-state index in [0.717, 1.165) is 11.3 Å². The molecule has 1 heterocycles. The molecule has 0 saturated carbocycles. The van der Waals surface area contributed by atoms with Gasteiger partial charge >= 0.3 is 0 Å². The van der Waals surface area contributed by atoms with Gasteiger partial charge in [0, 0.05) is 31.7 Å². The first-order chi connectivity index (χ1) is 9.10. The van der Waals surface area contributed by atoms with Crippen molar-refractivity contribution in [2.24, 2.45) is 11.7 Å². The predicted octanol–water partition coefficient (Wildman–Crippen LogP) is 0.741. The summed E-state index contributed by atoms with van der Waals surface area (Å²) in [5.74, 6) is -0.368. The van der Waals surface area contributed by atoms with E-state index >= 15 is 0 Å². The minimum absolute atomic E-state index is 0.00911. The molecule has 0 bridgehead atoms. The fourth-order valence-corrected chi connectivity index (χ4v) is 2.29. The molecule has 1 aromatic carbocycles. The van der Waals surface area contributed by atoms with Gasteiger partial charge in [0.05, 0.1) is 5.92 Å². The Balaban J connectivity index is 1.96. The second-order valence-corrected chi connectivity index (χ2v) is 4.89. The number of carbonyl (C=O) groups is 2. The molecular formula is C14H19N3O2. The molecule has 2 rings (SSSR count). The fourth-order valence-electron chi connectivity index (χ4n) is 2.29. The number of rotatable bonds is 4. The van der Waals surface area contributed by atoms with Crippen LogP contribution in [0.4, 0.5) is 5.69 Å². The van der Waals surface area contributed by atoms with Gasteiger partial charge in [-0.15, -0.1) is 0 Å². The highest BCUT2D eigenvalue weighted by Crippen LogP contribution is 2.19. The number of nitrogens with zero attached hydrogens (tertiary/aromatic N) is 1. The minimum Gasteiger partial charge on any atom is -0.341 e. The molecule has 3 N–H and O–H groups in total. The summed E-state index contributed by atoms with van der Waals surface area (Å²) < 4.78 is 0. The van der Waals surface area contributed by atoms with Gasteiger partial charge in [-0.3, -0.25) is 9.59 Å². The van der Waals surface area contributed by atoms with Crippen molar-refractivity contribution in [2.45, 2.75) is 13.3 Å². The summed E-state index contributed by atoms with van der Waals surface area (Å²) in [6, 6.07) is 7.62. The van der Waals surface area contributed by atoms with Gasteiger partial charge in [-0.05, 0) is 24.6 Å². The van der Waals surface area contributed by atoms with Crippen LogP contribution in [-0.4, -0.2) is 36.3 Å². The number of hydrogen-bond donors (Lipinski definition) is 2. The maximum absolute atomic E-state index is 12.1. The standard InChI is InChI=1S/C14H19N3O2/c1-10-3-2-4-12(7-10)16-14(19)11-8-13(18)17(9-11)6-5-15/h2-4,7,11H,5-6,8-9,15H2,1H3,(H,16,19). The molecule has 1 unspecified atom stereocenters. The molecule has 0 spiro atoms. The van der Waals surface area contributed by atoms with Crippen molar-refractivity contribution in [3.05, 3.63) is 29.8 Å². The number of nitrogens with two attached hydrogens (primary N) is 1. The second-order valence-electron chi connectivity index (χ2n) is 4.89. The number of aryl methyl sites for hydroxylation is 1. The zero-order valence-electron chi connectivity index (χ0n) is 11.1. The van der Waals surface area contributed by atoms with Crippen LogP contribution < -0.4 is 11.1 Å². The van der Waals surface area contributed by atoms with Crippen LogP contribution in [0.15, 0.2) is 24.3 Å². The van der Waals surface area contributed by atoms with Crippen LogP contribution in [0.2, 0.25) is 0 Å². The van der Waals surface area contributed by atoms with Gasteiger partial charge in [0.1, 0.15) is 0 Å². The number of carbonyl (C=O) groups excluding carboxylic acids is 2. The van der Waals surface area contributed by atoms with Crippen molar-refractivity contribution in [2.75, 3.05) is 25.0 Å². The molecule has 0 aliphatic carbocycles. The molecular weight excluding hydrogens is 242 g/mol. The van der Waals surface area contributed by atoms with Gasteiger partial charge in [-0.1, -0.05) is 12.1 Å². The van der Waals surface area contributed by atoms with E-state index in [1.54, 1.807) is 4.90 Å². The van der Waals surface area contributed by atoms with Crippen molar-refractivity contribution in [3.63, 3.8) is 0 Å². The molecule has 1 atom stereocenters. The molecule has 1 saturated heterocycles. The van der Waals surface area contributed by atoms with Gasteiger partial charge in [0.25, 0.3) is 0 Å². The van der Waals surface area contributed by atoms with E-state index in [0.29, 0.717) is 19.6 Å². The van der Waals surface area contributed by atoms with E-state index in [9.17, 15) is 9.59 Å².